The van der Waals surface area contributed by atoms with Crippen molar-refractivity contribution in [3.8, 4) is 23.0 Å². The zero-order chi connectivity index (χ0) is 18.5. The van der Waals surface area contributed by atoms with E-state index in [-0.39, 0.29) is 5.82 Å². The van der Waals surface area contributed by atoms with E-state index >= 15 is 0 Å². The minimum absolute atomic E-state index is 0.316. The first-order valence-corrected chi connectivity index (χ1v) is 8.53. The van der Waals surface area contributed by atoms with Crippen LogP contribution < -0.4 is 10.1 Å². The van der Waals surface area contributed by atoms with Crippen LogP contribution in [0.15, 0.2) is 89.5 Å². The smallest absolute Gasteiger partial charge is 0.226 e. The Kier molecular flexibility index (Phi) is 4.83. The van der Waals surface area contributed by atoms with Crippen molar-refractivity contribution in [2.45, 2.75) is 6.54 Å². The molecule has 4 aromatic rings. The van der Waals surface area contributed by atoms with E-state index in [2.05, 4.69) is 10.3 Å². The number of anilines is 1. The van der Waals surface area contributed by atoms with Gasteiger partial charge in [0.2, 0.25) is 5.89 Å². The molecule has 134 valence electrons. The van der Waals surface area contributed by atoms with Crippen molar-refractivity contribution >= 4 is 5.69 Å². The van der Waals surface area contributed by atoms with Crippen LogP contribution in [0.3, 0.4) is 0 Å². The molecule has 5 heteroatoms. The van der Waals surface area contributed by atoms with Gasteiger partial charge in [-0.15, -0.1) is 0 Å². The number of aromatic nitrogens is 1. The predicted octanol–water partition coefficient (Wildman–Crippen LogP) is 5.89. The zero-order valence-corrected chi connectivity index (χ0v) is 14.4. The van der Waals surface area contributed by atoms with Crippen LogP contribution in [0.25, 0.3) is 11.5 Å². The number of oxazole rings is 1. The summed E-state index contributed by atoms with van der Waals surface area (Å²) in [4.78, 5) is 4.39. The van der Waals surface area contributed by atoms with Gasteiger partial charge < -0.3 is 14.5 Å². The lowest BCUT2D eigenvalue weighted by molar-refractivity contribution is 0.483. The van der Waals surface area contributed by atoms with E-state index in [1.54, 1.807) is 18.4 Å². The lowest BCUT2D eigenvalue weighted by Gasteiger charge is -2.07. The zero-order valence-electron chi connectivity index (χ0n) is 14.4. The van der Waals surface area contributed by atoms with Gasteiger partial charge in [0.15, 0.2) is 0 Å². The molecule has 0 atom stereocenters. The number of nitrogens with one attached hydrogen (secondary N) is 1. The largest absolute Gasteiger partial charge is 0.457 e. The summed E-state index contributed by atoms with van der Waals surface area (Å²) < 4.78 is 24.5. The monoisotopic (exact) mass is 360 g/mol. The first-order valence-electron chi connectivity index (χ1n) is 8.53. The highest BCUT2D eigenvalue weighted by Gasteiger charge is 2.07. The van der Waals surface area contributed by atoms with Gasteiger partial charge in [-0.05, 0) is 54.6 Å². The molecule has 0 aliphatic rings. The van der Waals surface area contributed by atoms with E-state index in [4.69, 9.17) is 9.15 Å². The van der Waals surface area contributed by atoms with Gasteiger partial charge in [0, 0.05) is 11.3 Å². The van der Waals surface area contributed by atoms with E-state index in [1.165, 1.54) is 12.1 Å². The van der Waals surface area contributed by atoms with E-state index in [0.717, 1.165) is 22.9 Å². The average Bonchev–Trinajstić information content (AvgIpc) is 3.17. The maximum Gasteiger partial charge on any atom is 0.226 e. The number of halogens is 1. The Morgan fingerprint density at radius 2 is 1.67 bits per heavy atom. The maximum absolute atomic E-state index is 13.3. The van der Waals surface area contributed by atoms with Crippen molar-refractivity contribution in [3.05, 3.63) is 96.6 Å². The minimum atomic E-state index is -0.316. The Hall–Kier alpha value is -3.60. The van der Waals surface area contributed by atoms with Crippen LogP contribution in [0.2, 0.25) is 0 Å². The molecule has 3 aromatic carbocycles. The fraction of sp³-hybridized carbons (Fsp3) is 0.0455. The summed E-state index contributed by atoms with van der Waals surface area (Å²) in [5.41, 5.74) is 2.29. The summed E-state index contributed by atoms with van der Waals surface area (Å²) in [6.07, 6.45) is 1.57. The standard InChI is InChI=1S/C22H17FN2O2/c23-17-6-4-5-16(13-17)22-25-19(15-26-22)14-24-18-9-11-21(12-10-18)27-20-7-2-1-3-8-20/h1-13,15,24H,14H2. The second-order valence-electron chi connectivity index (χ2n) is 5.95. The third-order valence-electron chi connectivity index (χ3n) is 3.93. The van der Waals surface area contributed by atoms with E-state index in [0.29, 0.717) is 18.0 Å². The van der Waals surface area contributed by atoms with E-state index in [9.17, 15) is 4.39 Å². The van der Waals surface area contributed by atoms with Crippen molar-refractivity contribution < 1.29 is 13.5 Å². The molecule has 4 nitrogen and oxygen atoms in total. The lowest BCUT2D eigenvalue weighted by atomic mass is 10.2. The van der Waals surface area contributed by atoms with Crippen LogP contribution in [0, 0.1) is 5.82 Å². The van der Waals surface area contributed by atoms with E-state index < -0.39 is 0 Å². The molecule has 0 saturated heterocycles. The Bertz CT molecular complexity index is 1010. The Labute approximate surface area is 156 Å². The van der Waals surface area contributed by atoms with Crippen LogP contribution >= 0.6 is 0 Å². The molecule has 0 saturated carbocycles. The highest BCUT2D eigenvalue weighted by atomic mass is 19.1. The molecule has 0 unspecified atom stereocenters. The first kappa shape index (κ1) is 16.8. The molecule has 0 spiro atoms. The number of nitrogens with zero attached hydrogens (tertiary/aromatic N) is 1. The number of hydrogen-bond acceptors (Lipinski definition) is 4. The summed E-state index contributed by atoms with van der Waals surface area (Å²) in [6.45, 7) is 0.498. The lowest BCUT2D eigenvalue weighted by Crippen LogP contribution is -1.99. The number of benzene rings is 3. The molecular formula is C22H17FN2O2. The molecule has 0 radical (unpaired) electrons. The van der Waals surface area contributed by atoms with Crippen LogP contribution in [-0.2, 0) is 6.54 Å². The Morgan fingerprint density at radius 1 is 0.889 bits per heavy atom. The van der Waals surface area contributed by atoms with Gasteiger partial charge in [-0.1, -0.05) is 24.3 Å². The van der Waals surface area contributed by atoms with Crippen molar-refractivity contribution in [2.75, 3.05) is 5.32 Å². The topological polar surface area (TPSA) is 47.3 Å². The van der Waals surface area contributed by atoms with Crippen LogP contribution in [0.4, 0.5) is 10.1 Å². The summed E-state index contributed by atoms with van der Waals surface area (Å²) in [7, 11) is 0. The molecule has 1 N–H and O–H groups in total. The molecule has 1 aromatic heterocycles. The van der Waals surface area contributed by atoms with Crippen LogP contribution in [0.5, 0.6) is 11.5 Å². The quantitative estimate of drug-likeness (QED) is 0.466. The second-order valence-corrected chi connectivity index (χ2v) is 5.95. The van der Waals surface area contributed by atoms with Gasteiger partial charge in [-0.25, -0.2) is 9.37 Å². The average molecular weight is 360 g/mol. The number of para-hydroxylation sites is 1. The van der Waals surface area contributed by atoms with Gasteiger partial charge in [0.05, 0.1) is 12.2 Å². The molecule has 0 fully saturated rings. The normalized spacial score (nSPS) is 10.6. The van der Waals surface area contributed by atoms with Gasteiger partial charge in [0.1, 0.15) is 23.6 Å². The molecule has 1 heterocycles. The first-order chi connectivity index (χ1) is 13.3. The molecule has 4 rings (SSSR count). The minimum Gasteiger partial charge on any atom is -0.457 e. The van der Waals surface area contributed by atoms with Gasteiger partial charge >= 0.3 is 0 Å². The highest BCUT2D eigenvalue weighted by Crippen LogP contribution is 2.23. The van der Waals surface area contributed by atoms with Gasteiger partial charge in [-0.2, -0.15) is 0 Å². The van der Waals surface area contributed by atoms with E-state index in [1.807, 2.05) is 54.6 Å². The molecule has 0 amide bonds. The summed E-state index contributed by atoms with van der Waals surface area (Å²) >= 11 is 0. The fourth-order valence-electron chi connectivity index (χ4n) is 2.60. The van der Waals surface area contributed by atoms with Crippen molar-refractivity contribution in [2.24, 2.45) is 0 Å². The number of ether oxygens (including phenoxy) is 1. The maximum atomic E-state index is 13.3. The molecular weight excluding hydrogens is 343 g/mol. The SMILES string of the molecule is Fc1cccc(-c2nc(CNc3ccc(Oc4ccccc4)cc3)co2)c1. The summed E-state index contributed by atoms with van der Waals surface area (Å²) in [5, 5.41) is 3.28. The van der Waals surface area contributed by atoms with Crippen molar-refractivity contribution in [1.82, 2.24) is 4.98 Å². The van der Waals surface area contributed by atoms with Crippen molar-refractivity contribution in [1.29, 1.82) is 0 Å². The molecule has 0 bridgehead atoms. The van der Waals surface area contributed by atoms with Gasteiger partial charge in [0.25, 0.3) is 0 Å². The van der Waals surface area contributed by atoms with Crippen LogP contribution in [-0.4, -0.2) is 4.98 Å². The van der Waals surface area contributed by atoms with Crippen molar-refractivity contribution in [3.63, 3.8) is 0 Å². The highest BCUT2D eigenvalue weighted by molar-refractivity contribution is 5.53. The predicted molar refractivity (Wildman–Crippen MR) is 102 cm³/mol. The summed E-state index contributed by atoms with van der Waals surface area (Å²) in [6, 6.07) is 23.5. The molecule has 0 aliphatic heterocycles. The fourth-order valence-corrected chi connectivity index (χ4v) is 2.60. The Balaban J connectivity index is 1.36. The Morgan fingerprint density at radius 3 is 2.44 bits per heavy atom. The number of rotatable bonds is 6. The summed E-state index contributed by atoms with van der Waals surface area (Å²) in [5.74, 6) is 1.65. The van der Waals surface area contributed by atoms with Gasteiger partial charge in [-0.3, -0.25) is 0 Å². The molecule has 0 aliphatic carbocycles. The third-order valence-corrected chi connectivity index (χ3v) is 3.93. The van der Waals surface area contributed by atoms with Crippen LogP contribution in [0.1, 0.15) is 5.69 Å². The number of hydrogen-bond donors (Lipinski definition) is 1. The molecule has 27 heavy (non-hydrogen) atoms. The third kappa shape index (κ3) is 4.33. The second kappa shape index (κ2) is 7.74.